The number of carbonyl (C=O) groups excluding carboxylic acids is 1. The molecule has 0 aliphatic carbocycles. The summed E-state index contributed by atoms with van der Waals surface area (Å²) in [5, 5.41) is 12.7. The lowest BCUT2D eigenvalue weighted by Gasteiger charge is -2.38. The molecule has 0 atom stereocenters. The van der Waals surface area contributed by atoms with E-state index >= 15 is 0 Å². The van der Waals surface area contributed by atoms with Crippen LogP contribution >= 0.6 is 0 Å². The minimum Gasteiger partial charge on any atom is -0.396 e. The van der Waals surface area contributed by atoms with Crippen LogP contribution in [0.4, 0.5) is 0 Å². The monoisotopic (exact) mass is 253 g/mol. The van der Waals surface area contributed by atoms with Crippen molar-refractivity contribution in [2.75, 3.05) is 19.7 Å². The van der Waals surface area contributed by atoms with Crippen molar-refractivity contribution >= 4 is 5.91 Å². The van der Waals surface area contributed by atoms with Crippen molar-refractivity contribution in [1.29, 1.82) is 0 Å². The standard InChI is InChI=1S/C12H19N3O3/c1-2-3-10-13-11(18-14-10)4-5-12(17)15-6-9(7-15)8-16/h9,16H,2-8H2,1H3. The Bertz CT molecular complexity index is 399. The normalized spacial score (nSPS) is 15.8. The second-order valence-electron chi connectivity index (χ2n) is 4.70. The number of likely N-dealkylation sites (tertiary alicyclic amines) is 1. The fourth-order valence-electron chi connectivity index (χ4n) is 1.98. The first-order valence-corrected chi connectivity index (χ1v) is 6.43. The Balaban J connectivity index is 1.72. The van der Waals surface area contributed by atoms with Crippen LogP contribution in [0.15, 0.2) is 4.52 Å². The van der Waals surface area contributed by atoms with Crippen molar-refractivity contribution in [2.45, 2.75) is 32.6 Å². The third-order valence-corrected chi connectivity index (χ3v) is 3.10. The van der Waals surface area contributed by atoms with Gasteiger partial charge in [0, 0.05) is 44.9 Å². The Labute approximate surface area is 106 Å². The number of aliphatic hydroxyl groups is 1. The van der Waals surface area contributed by atoms with Crippen LogP contribution in [0.2, 0.25) is 0 Å². The number of aryl methyl sites for hydroxylation is 2. The molecule has 1 N–H and O–H groups in total. The fourth-order valence-corrected chi connectivity index (χ4v) is 1.98. The van der Waals surface area contributed by atoms with E-state index in [1.54, 1.807) is 4.90 Å². The smallest absolute Gasteiger partial charge is 0.227 e. The van der Waals surface area contributed by atoms with Gasteiger partial charge in [-0.1, -0.05) is 12.1 Å². The maximum atomic E-state index is 11.7. The van der Waals surface area contributed by atoms with Gasteiger partial charge in [-0.25, -0.2) is 0 Å². The average molecular weight is 253 g/mol. The van der Waals surface area contributed by atoms with Gasteiger partial charge in [0.2, 0.25) is 11.8 Å². The first-order valence-electron chi connectivity index (χ1n) is 6.43. The zero-order valence-corrected chi connectivity index (χ0v) is 10.6. The fraction of sp³-hybridized carbons (Fsp3) is 0.750. The maximum absolute atomic E-state index is 11.7. The Hall–Kier alpha value is -1.43. The van der Waals surface area contributed by atoms with E-state index in [1.165, 1.54) is 0 Å². The first kappa shape index (κ1) is 13.0. The molecule has 1 aliphatic heterocycles. The summed E-state index contributed by atoms with van der Waals surface area (Å²) >= 11 is 0. The van der Waals surface area contributed by atoms with Crippen LogP contribution in [0.5, 0.6) is 0 Å². The molecule has 1 aromatic heterocycles. The van der Waals surface area contributed by atoms with Crippen LogP contribution in [-0.2, 0) is 17.6 Å². The van der Waals surface area contributed by atoms with Gasteiger partial charge in [-0.3, -0.25) is 4.79 Å². The zero-order valence-electron chi connectivity index (χ0n) is 10.6. The number of rotatable bonds is 6. The Morgan fingerprint density at radius 3 is 2.94 bits per heavy atom. The quantitative estimate of drug-likeness (QED) is 0.794. The van der Waals surface area contributed by atoms with E-state index < -0.39 is 0 Å². The maximum Gasteiger partial charge on any atom is 0.227 e. The number of amides is 1. The molecule has 1 amide bonds. The van der Waals surface area contributed by atoms with E-state index in [1.807, 2.05) is 0 Å². The molecule has 0 saturated carbocycles. The molecule has 2 heterocycles. The summed E-state index contributed by atoms with van der Waals surface area (Å²) in [4.78, 5) is 17.7. The van der Waals surface area contributed by atoms with Crippen molar-refractivity contribution in [3.05, 3.63) is 11.7 Å². The summed E-state index contributed by atoms with van der Waals surface area (Å²) in [6, 6.07) is 0. The van der Waals surface area contributed by atoms with Crippen molar-refractivity contribution in [1.82, 2.24) is 15.0 Å². The molecule has 0 bridgehead atoms. The molecular formula is C12H19N3O3. The number of hydrogen-bond acceptors (Lipinski definition) is 5. The Morgan fingerprint density at radius 2 is 2.28 bits per heavy atom. The topological polar surface area (TPSA) is 79.5 Å². The highest BCUT2D eigenvalue weighted by molar-refractivity contribution is 5.77. The molecule has 1 aliphatic rings. The number of hydrogen-bond donors (Lipinski definition) is 1. The Kier molecular flexibility index (Phi) is 4.30. The van der Waals surface area contributed by atoms with Gasteiger partial charge in [-0.05, 0) is 6.42 Å². The van der Waals surface area contributed by atoms with E-state index in [9.17, 15) is 4.79 Å². The van der Waals surface area contributed by atoms with Crippen molar-refractivity contribution in [3.63, 3.8) is 0 Å². The van der Waals surface area contributed by atoms with Crippen LogP contribution in [0.25, 0.3) is 0 Å². The molecule has 0 unspecified atom stereocenters. The van der Waals surface area contributed by atoms with Gasteiger partial charge in [0.25, 0.3) is 0 Å². The summed E-state index contributed by atoms with van der Waals surface area (Å²) < 4.78 is 5.07. The number of carbonyl (C=O) groups is 1. The van der Waals surface area contributed by atoms with Gasteiger partial charge in [0.1, 0.15) is 0 Å². The van der Waals surface area contributed by atoms with Gasteiger partial charge >= 0.3 is 0 Å². The minimum absolute atomic E-state index is 0.0925. The number of aliphatic hydroxyl groups excluding tert-OH is 1. The molecule has 100 valence electrons. The third-order valence-electron chi connectivity index (χ3n) is 3.10. The zero-order chi connectivity index (χ0) is 13.0. The highest BCUT2D eigenvalue weighted by atomic mass is 16.5. The van der Waals surface area contributed by atoms with Crippen LogP contribution in [0.1, 0.15) is 31.5 Å². The van der Waals surface area contributed by atoms with E-state index in [4.69, 9.17) is 9.63 Å². The van der Waals surface area contributed by atoms with Gasteiger partial charge in [0.15, 0.2) is 5.82 Å². The lowest BCUT2D eigenvalue weighted by molar-refractivity contribution is -0.138. The molecular weight excluding hydrogens is 234 g/mol. The number of aromatic nitrogens is 2. The summed E-state index contributed by atoms with van der Waals surface area (Å²) in [5.41, 5.74) is 0. The van der Waals surface area contributed by atoms with Crippen LogP contribution in [0, 0.1) is 5.92 Å². The summed E-state index contributed by atoms with van der Waals surface area (Å²) in [6.07, 6.45) is 2.68. The molecule has 1 saturated heterocycles. The second kappa shape index (κ2) is 5.95. The summed E-state index contributed by atoms with van der Waals surface area (Å²) in [6.45, 7) is 3.55. The van der Waals surface area contributed by atoms with E-state index in [-0.39, 0.29) is 18.4 Å². The average Bonchev–Trinajstić information content (AvgIpc) is 2.73. The van der Waals surface area contributed by atoms with Crippen molar-refractivity contribution in [3.8, 4) is 0 Å². The van der Waals surface area contributed by atoms with E-state index in [2.05, 4.69) is 17.1 Å². The van der Waals surface area contributed by atoms with Crippen molar-refractivity contribution in [2.24, 2.45) is 5.92 Å². The van der Waals surface area contributed by atoms with Gasteiger partial charge in [0.05, 0.1) is 0 Å². The van der Waals surface area contributed by atoms with E-state index in [0.29, 0.717) is 37.6 Å². The molecule has 1 fully saturated rings. The van der Waals surface area contributed by atoms with Crippen molar-refractivity contribution < 1.29 is 14.4 Å². The summed E-state index contributed by atoms with van der Waals surface area (Å²) in [5.74, 6) is 1.60. The highest BCUT2D eigenvalue weighted by Gasteiger charge is 2.29. The molecule has 0 radical (unpaired) electrons. The van der Waals surface area contributed by atoms with Crippen LogP contribution in [-0.4, -0.2) is 45.8 Å². The highest BCUT2D eigenvalue weighted by Crippen LogP contribution is 2.16. The van der Waals surface area contributed by atoms with Gasteiger partial charge in [-0.15, -0.1) is 0 Å². The molecule has 0 spiro atoms. The lowest BCUT2D eigenvalue weighted by atomic mass is 10.0. The predicted molar refractivity (Wildman–Crippen MR) is 63.8 cm³/mol. The molecule has 2 rings (SSSR count). The van der Waals surface area contributed by atoms with Crippen LogP contribution < -0.4 is 0 Å². The lowest BCUT2D eigenvalue weighted by Crippen LogP contribution is -2.51. The molecule has 6 nitrogen and oxygen atoms in total. The second-order valence-corrected chi connectivity index (χ2v) is 4.70. The molecule has 18 heavy (non-hydrogen) atoms. The molecule has 1 aromatic rings. The van der Waals surface area contributed by atoms with Crippen LogP contribution in [0.3, 0.4) is 0 Å². The minimum atomic E-state index is 0.0925. The third kappa shape index (κ3) is 3.07. The van der Waals surface area contributed by atoms with Gasteiger partial charge < -0.3 is 14.5 Å². The predicted octanol–water partition coefficient (Wildman–Crippen LogP) is 0.405. The summed E-state index contributed by atoms with van der Waals surface area (Å²) in [7, 11) is 0. The molecule has 6 heteroatoms. The van der Waals surface area contributed by atoms with Gasteiger partial charge in [-0.2, -0.15) is 4.98 Å². The largest absolute Gasteiger partial charge is 0.396 e. The first-order chi connectivity index (χ1) is 8.72. The van der Waals surface area contributed by atoms with E-state index in [0.717, 1.165) is 12.8 Å². The Morgan fingerprint density at radius 1 is 1.50 bits per heavy atom. The SMILES string of the molecule is CCCc1noc(CCC(=O)N2CC(CO)C2)n1. The molecule has 0 aromatic carbocycles. The number of nitrogens with zero attached hydrogens (tertiary/aromatic N) is 3.